The van der Waals surface area contributed by atoms with E-state index in [1.54, 1.807) is 18.2 Å². The van der Waals surface area contributed by atoms with E-state index in [-0.39, 0.29) is 11.6 Å². The maximum atomic E-state index is 11.9. The highest BCUT2D eigenvalue weighted by Gasteiger charge is 2.15. The van der Waals surface area contributed by atoms with E-state index in [2.05, 4.69) is 15.2 Å². The van der Waals surface area contributed by atoms with Crippen molar-refractivity contribution in [3.8, 4) is 0 Å². The summed E-state index contributed by atoms with van der Waals surface area (Å²) in [5, 5.41) is 17.3. The lowest BCUT2D eigenvalue weighted by Crippen LogP contribution is -1.99. The van der Waals surface area contributed by atoms with E-state index >= 15 is 0 Å². The molecule has 1 aromatic carbocycles. The summed E-state index contributed by atoms with van der Waals surface area (Å²) in [5.41, 5.74) is 0.405. The average Bonchev–Trinajstić information content (AvgIpc) is 3.18. The second-order valence-electron chi connectivity index (χ2n) is 4.41. The third kappa shape index (κ3) is 3.64. The molecule has 6 nitrogen and oxygen atoms in total. The summed E-state index contributed by atoms with van der Waals surface area (Å²) in [6.07, 6.45) is 3.72. The first-order valence-electron chi connectivity index (χ1n) is 6.45. The normalized spacial score (nSPS) is 11.6. The van der Waals surface area contributed by atoms with Crippen molar-refractivity contribution in [3.05, 3.63) is 65.4 Å². The van der Waals surface area contributed by atoms with E-state index in [1.807, 2.05) is 12.1 Å². The molecule has 0 saturated heterocycles. The number of aromatic nitrogens is 3. The summed E-state index contributed by atoms with van der Waals surface area (Å²) in [6, 6.07) is 8.80. The quantitative estimate of drug-likeness (QED) is 0.412. The number of H-pyrrole nitrogens is 1. The van der Waals surface area contributed by atoms with Gasteiger partial charge in [0.2, 0.25) is 5.78 Å². The van der Waals surface area contributed by atoms with Crippen LogP contribution in [-0.2, 0) is 0 Å². The smallest absolute Gasteiger partial charge is 0.226 e. The number of furan rings is 1. The van der Waals surface area contributed by atoms with E-state index in [0.29, 0.717) is 15.7 Å². The van der Waals surface area contributed by atoms with Gasteiger partial charge < -0.3 is 9.52 Å². The van der Waals surface area contributed by atoms with Crippen LogP contribution in [-0.4, -0.2) is 26.1 Å². The van der Waals surface area contributed by atoms with Crippen LogP contribution in [0, 0.1) is 0 Å². The first kappa shape index (κ1) is 15.4. The van der Waals surface area contributed by atoms with Gasteiger partial charge in [0.05, 0.1) is 11.8 Å². The van der Waals surface area contributed by atoms with E-state index < -0.39 is 5.78 Å². The van der Waals surface area contributed by atoms with E-state index in [4.69, 9.17) is 16.0 Å². The maximum Gasteiger partial charge on any atom is 0.226 e. The molecule has 0 bridgehead atoms. The minimum absolute atomic E-state index is 0.0455. The fourth-order valence-electron chi connectivity index (χ4n) is 1.80. The molecule has 3 aromatic rings. The SMILES string of the molecule is O=C(C=C(O)c1ccoc1Sc1cccc(Cl)c1)c1ncn[nH]1. The van der Waals surface area contributed by atoms with Crippen LogP contribution in [0.2, 0.25) is 5.02 Å². The monoisotopic (exact) mass is 347 g/mol. The Morgan fingerprint density at radius 1 is 1.39 bits per heavy atom. The molecule has 0 saturated carbocycles. The third-order valence-electron chi connectivity index (χ3n) is 2.83. The van der Waals surface area contributed by atoms with E-state index in [1.165, 1.54) is 24.4 Å². The molecule has 3 rings (SSSR count). The summed E-state index contributed by atoms with van der Waals surface area (Å²) < 4.78 is 5.37. The molecular weight excluding hydrogens is 338 g/mol. The van der Waals surface area contributed by atoms with Crippen LogP contribution in [0.3, 0.4) is 0 Å². The highest BCUT2D eigenvalue weighted by molar-refractivity contribution is 7.99. The Balaban J connectivity index is 1.84. The second kappa shape index (κ2) is 6.72. The molecule has 2 N–H and O–H groups in total. The number of aliphatic hydroxyl groups excluding tert-OH is 1. The molecule has 0 spiro atoms. The molecule has 2 heterocycles. The Kier molecular flexibility index (Phi) is 4.50. The van der Waals surface area contributed by atoms with Gasteiger partial charge >= 0.3 is 0 Å². The number of allylic oxidation sites excluding steroid dienone is 1. The number of nitrogens with zero attached hydrogens (tertiary/aromatic N) is 2. The molecule has 0 unspecified atom stereocenters. The van der Waals surface area contributed by atoms with Gasteiger partial charge in [0.1, 0.15) is 12.1 Å². The van der Waals surface area contributed by atoms with E-state index in [0.717, 1.165) is 11.0 Å². The van der Waals surface area contributed by atoms with Crippen molar-refractivity contribution < 1.29 is 14.3 Å². The van der Waals surface area contributed by atoms with Crippen LogP contribution in [0.5, 0.6) is 0 Å². The highest BCUT2D eigenvalue weighted by Crippen LogP contribution is 2.34. The number of carbonyl (C=O) groups excluding carboxylic acids is 1. The highest BCUT2D eigenvalue weighted by atomic mass is 35.5. The number of ketones is 1. The van der Waals surface area contributed by atoms with Crippen molar-refractivity contribution in [2.45, 2.75) is 9.99 Å². The van der Waals surface area contributed by atoms with Gasteiger partial charge in [-0.2, -0.15) is 5.10 Å². The topological polar surface area (TPSA) is 92.0 Å². The number of aromatic amines is 1. The van der Waals surface area contributed by atoms with Crippen LogP contribution in [0.15, 0.2) is 63.4 Å². The first-order valence-corrected chi connectivity index (χ1v) is 7.64. The molecule has 23 heavy (non-hydrogen) atoms. The zero-order valence-corrected chi connectivity index (χ0v) is 13.1. The van der Waals surface area contributed by atoms with Gasteiger partial charge in [0.15, 0.2) is 10.9 Å². The maximum absolute atomic E-state index is 11.9. The van der Waals surface area contributed by atoms with Gasteiger partial charge in [0.25, 0.3) is 0 Å². The predicted octanol–water partition coefficient (Wildman–Crippen LogP) is 3.98. The predicted molar refractivity (Wildman–Crippen MR) is 85.6 cm³/mol. The Morgan fingerprint density at radius 2 is 2.26 bits per heavy atom. The molecule has 0 aliphatic rings. The largest absolute Gasteiger partial charge is 0.507 e. The van der Waals surface area contributed by atoms with Crippen molar-refractivity contribution in [1.82, 2.24) is 15.2 Å². The van der Waals surface area contributed by atoms with Crippen LogP contribution >= 0.6 is 23.4 Å². The number of benzene rings is 1. The van der Waals surface area contributed by atoms with E-state index in [9.17, 15) is 9.90 Å². The summed E-state index contributed by atoms with van der Waals surface area (Å²) in [4.78, 5) is 16.5. The molecule has 8 heteroatoms. The van der Waals surface area contributed by atoms with Gasteiger partial charge in [-0.3, -0.25) is 9.89 Å². The lowest BCUT2D eigenvalue weighted by atomic mass is 10.2. The van der Waals surface area contributed by atoms with Crippen molar-refractivity contribution in [3.63, 3.8) is 0 Å². The molecule has 0 radical (unpaired) electrons. The Labute approximate surface area is 140 Å². The van der Waals surface area contributed by atoms with Gasteiger partial charge in [-0.15, -0.1) is 0 Å². The molecule has 0 aliphatic heterocycles. The van der Waals surface area contributed by atoms with Crippen LogP contribution in [0.25, 0.3) is 5.76 Å². The molecule has 2 aromatic heterocycles. The minimum atomic E-state index is -0.486. The number of rotatable bonds is 5. The summed E-state index contributed by atoms with van der Waals surface area (Å²) in [6.45, 7) is 0. The average molecular weight is 348 g/mol. The van der Waals surface area contributed by atoms with Gasteiger partial charge in [0, 0.05) is 16.0 Å². The van der Waals surface area contributed by atoms with Crippen molar-refractivity contribution in [2.24, 2.45) is 0 Å². The van der Waals surface area contributed by atoms with Gasteiger partial charge in [-0.25, -0.2) is 4.98 Å². The minimum Gasteiger partial charge on any atom is -0.507 e. The molecule has 0 atom stereocenters. The second-order valence-corrected chi connectivity index (χ2v) is 5.89. The first-order chi connectivity index (χ1) is 11.1. The Morgan fingerprint density at radius 3 is 3.00 bits per heavy atom. The van der Waals surface area contributed by atoms with Gasteiger partial charge in [-0.05, 0) is 24.3 Å². The molecule has 116 valence electrons. The molecule has 0 fully saturated rings. The van der Waals surface area contributed by atoms with Crippen LogP contribution in [0.1, 0.15) is 16.2 Å². The third-order valence-corrected chi connectivity index (χ3v) is 4.05. The molecular formula is C15H10ClN3O3S. The number of carbonyl (C=O) groups is 1. The number of nitrogens with one attached hydrogen (secondary N) is 1. The number of aliphatic hydroxyl groups is 1. The summed E-state index contributed by atoms with van der Waals surface area (Å²) in [7, 11) is 0. The number of hydrogen-bond donors (Lipinski definition) is 2. The van der Waals surface area contributed by atoms with Crippen molar-refractivity contribution in [1.29, 1.82) is 0 Å². The lowest BCUT2D eigenvalue weighted by Gasteiger charge is -2.02. The zero-order valence-electron chi connectivity index (χ0n) is 11.6. The summed E-state index contributed by atoms with van der Waals surface area (Å²) >= 11 is 7.24. The Hall–Kier alpha value is -2.51. The fraction of sp³-hybridized carbons (Fsp3) is 0. The van der Waals surface area contributed by atoms with Crippen molar-refractivity contribution in [2.75, 3.05) is 0 Å². The fourth-order valence-corrected chi connectivity index (χ4v) is 2.98. The lowest BCUT2D eigenvalue weighted by molar-refractivity contribution is 0.103. The van der Waals surface area contributed by atoms with Gasteiger partial charge in [-0.1, -0.05) is 29.4 Å². The number of halogens is 1. The molecule has 0 amide bonds. The number of hydrogen-bond acceptors (Lipinski definition) is 6. The van der Waals surface area contributed by atoms with Crippen molar-refractivity contribution >= 4 is 34.9 Å². The van der Waals surface area contributed by atoms with Crippen LogP contribution in [0.4, 0.5) is 0 Å². The zero-order chi connectivity index (χ0) is 16.2. The summed E-state index contributed by atoms with van der Waals surface area (Å²) in [5.74, 6) is -0.659. The standard InChI is InChI=1S/C15H10ClN3O3S/c16-9-2-1-3-10(6-9)23-15-11(4-5-22-15)12(20)7-13(21)14-17-8-18-19-14/h1-8,20H,(H,17,18,19). The van der Waals surface area contributed by atoms with Crippen LogP contribution < -0.4 is 0 Å². The molecule has 0 aliphatic carbocycles. The Bertz CT molecular complexity index is 858.